The molecule has 3 aromatic carbocycles. The van der Waals surface area contributed by atoms with Gasteiger partial charge in [0.2, 0.25) is 0 Å². The van der Waals surface area contributed by atoms with E-state index in [4.69, 9.17) is 25.7 Å². The van der Waals surface area contributed by atoms with Crippen molar-refractivity contribution in [1.29, 1.82) is 0 Å². The van der Waals surface area contributed by atoms with E-state index in [1.165, 1.54) is 23.3 Å². The fraction of sp³-hybridized carbons (Fsp3) is 0.357. The molecule has 0 aliphatic heterocycles. The fourth-order valence-corrected chi connectivity index (χ4v) is 11.0. The van der Waals surface area contributed by atoms with Gasteiger partial charge in [0.25, 0.3) is 0 Å². The normalized spacial score (nSPS) is 12.8. The summed E-state index contributed by atoms with van der Waals surface area (Å²) in [4.78, 5) is -0.110. The van der Waals surface area contributed by atoms with Gasteiger partial charge >= 0.3 is 30.4 Å². The van der Waals surface area contributed by atoms with Crippen molar-refractivity contribution in [1.82, 2.24) is 0 Å². The predicted octanol–water partition coefficient (Wildman–Crippen LogP) is 5.35. The van der Waals surface area contributed by atoms with Crippen molar-refractivity contribution in [2.75, 3.05) is 0 Å². The highest BCUT2D eigenvalue weighted by Gasteiger charge is 2.39. The zero-order chi connectivity index (χ0) is 26.0. The molecule has 35 heavy (non-hydrogen) atoms. The van der Waals surface area contributed by atoms with E-state index >= 15 is 0 Å². The molecule has 0 heterocycles. The summed E-state index contributed by atoms with van der Waals surface area (Å²) in [6.07, 6.45) is 2.00. The third-order valence-corrected chi connectivity index (χ3v) is 14.8. The van der Waals surface area contributed by atoms with E-state index in [2.05, 4.69) is 65.8 Å². The van der Waals surface area contributed by atoms with Gasteiger partial charge in [0.15, 0.2) is 7.14 Å². The van der Waals surface area contributed by atoms with Crippen LogP contribution in [0.5, 0.6) is 0 Å². The van der Waals surface area contributed by atoms with Crippen LogP contribution in [0.3, 0.4) is 0 Å². The largest absolute Gasteiger partial charge is 0.337 e. The van der Waals surface area contributed by atoms with Gasteiger partial charge in [-0.3, -0.25) is 0 Å². The molecule has 3 nitrogen and oxygen atoms in total. The minimum Gasteiger partial charge on any atom is -0.190 e. The van der Waals surface area contributed by atoms with Crippen LogP contribution in [-0.2, 0) is 23.5 Å². The second kappa shape index (κ2) is 11.1. The first-order valence-electron chi connectivity index (χ1n) is 11.6. The van der Waals surface area contributed by atoms with E-state index in [1.807, 2.05) is 24.3 Å². The van der Waals surface area contributed by atoms with E-state index in [0.717, 1.165) is 20.0 Å². The highest BCUT2D eigenvalue weighted by Crippen LogP contribution is 2.28. The van der Waals surface area contributed by atoms with Gasteiger partial charge in [-0.1, -0.05) is 89.0 Å². The molecule has 3 rings (SSSR count). The van der Waals surface area contributed by atoms with Gasteiger partial charge < -0.3 is 0 Å². The lowest BCUT2D eigenvalue weighted by Gasteiger charge is -2.23. The van der Waals surface area contributed by atoms with Crippen molar-refractivity contribution in [3.05, 3.63) is 95.0 Å². The molecule has 0 fully saturated rings. The molecular formula is C28H33Cl2IO3S+. The third-order valence-electron chi connectivity index (χ3n) is 6.72. The van der Waals surface area contributed by atoms with Gasteiger partial charge in [-0.15, -0.1) is 0 Å². The van der Waals surface area contributed by atoms with Crippen molar-refractivity contribution in [2.45, 2.75) is 70.1 Å². The Balaban J connectivity index is 2.08. The average molecular weight is 647 g/mol. The quantitative estimate of drug-likeness (QED) is 0.294. The summed E-state index contributed by atoms with van der Waals surface area (Å²) in [6.45, 7) is 13.1. The summed E-state index contributed by atoms with van der Waals surface area (Å²) in [5.41, 5.74) is 2.49. The van der Waals surface area contributed by atoms with Crippen LogP contribution >= 0.6 is 23.2 Å². The summed E-state index contributed by atoms with van der Waals surface area (Å²) < 4.78 is 34.6. The molecule has 0 N–H and O–H groups in total. The monoisotopic (exact) mass is 646 g/mol. The summed E-state index contributed by atoms with van der Waals surface area (Å²) in [7, 11) is -4.14. The lowest BCUT2D eigenvalue weighted by molar-refractivity contribution is -1.03. The number of hydrogen-bond acceptors (Lipinski definition) is 3. The molecule has 0 aliphatic carbocycles. The van der Waals surface area contributed by atoms with Gasteiger partial charge in [-0.2, -0.15) is 8.42 Å². The maximum Gasteiger partial charge on any atom is 0.337 e. The van der Waals surface area contributed by atoms with Gasteiger partial charge in [0.05, 0.1) is 5.02 Å². The Morgan fingerprint density at radius 1 is 0.743 bits per heavy atom. The second-order valence-corrected chi connectivity index (χ2v) is 17.1. The Morgan fingerprint density at radius 3 is 1.57 bits per heavy atom. The van der Waals surface area contributed by atoms with Crippen LogP contribution in [0.25, 0.3) is 0 Å². The molecule has 0 spiro atoms. The Bertz CT molecular complexity index is 1210. The average Bonchev–Trinajstić information content (AvgIpc) is 2.84. The van der Waals surface area contributed by atoms with Crippen molar-refractivity contribution >= 4 is 33.3 Å². The fourth-order valence-electron chi connectivity index (χ4n) is 3.42. The van der Waals surface area contributed by atoms with Crippen LogP contribution in [0.15, 0.2) is 71.6 Å². The lowest BCUT2D eigenvalue weighted by atomic mass is 9.82. The van der Waals surface area contributed by atoms with Gasteiger partial charge in [0, 0.05) is 5.02 Å². The standard InChI is InChI=1S/C28H33Cl2IO3S/c1-7-27(3,4)20-9-14-23(15-10-20)31(24-16-11-21(12-17-24)28(5,6)8-2)34-35(32,33)26-19-22(29)13-18-25(26)30/h9-19H,7-8H2,1-6H3/q+1. The van der Waals surface area contributed by atoms with Crippen LogP contribution in [0.2, 0.25) is 10.0 Å². The van der Waals surface area contributed by atoms with Crippen LogP contribution in [0.1, 0.15) is 65.5 Å². The second-order valence-electron chi connectivity index (χ2n) is 9.83. The van der Waals surface area contributed by atoms with Crippen molar-refractivity contribution < 1.29 is 31.2 Å². The minimum absolute atomic E-state index is 0.0339. The minimum atomic E-state index is -4.14. The molecule has 0 aromatic heterocycles. The first-order chi connectivity index (χ1) is 16.3. The smallest absolute Gasteiger partial charge is 0.190 e. The third kappa shape index (κ3) is 6.61. The van der Waals surface area contributed by atoms with E-state index in [0.29, 0.717) is 0 Å². The van der Waals surface area contributed by atoms with E-state index in [1.54, 1.807) is 6.07 Å². The number of benzene rings is 3. The van der Waals surface area contributed by atoms with E-state index < -0.39 is 30.4 Å². The summed E-state index contributed by atoms with van der Waals surface area (Å²) in [5.74, 6) is 0. The summed E-state index contributed by atoms with van der Waals surface area (Å²) >= 11 is 9.44. The first-order valence-corrected chi connectivity index (χ1v) is 16.8. The molecule has 0 amide bonds. The van der Waals surface area contributed by atoms with Crippen molar-refractivity contribution in [3.63, 3.8) is 0 Å². The highest BCUT2D eigenvalue weighted by atomic mass is 127. The molecule has 0 unspecified atom stereocenters. The Labute approximate surface area is 228 Å². The van der Waals surface area contributed by atoms with Crippen molar-refractivity contribution in [3.8, 4) is 0 Å². The number of halogens is 3. The first kappa shape index (κ1) is 28.5. The highest BCUT2D eigenvalue weighted by molar-refractivity contribution is 7.86. The molecule has 0 saturated carbocycles. The molecule has 0 atom stereocenters. The van der Waals surface area contributed by atoms with Gasteiger partial charge in [-0.25, -0.2) is 0 Å². The number of rotatable bonds is 9. The van der Waals surface area contributed by atoms with Crippen LogP contribution in [0.4, 0.5) is 0 Å². The summed E-state index contributed by atoms with van der Waals surface area (Å²) in [6, 6.07) is 20.7. The van der Waals surface area contributed by atoms with Crippen LogP contribution in [0, 0.1) is 7.14 Å². The lowest BCUT2D eigenvalue weighted by Crippen LogP contribution is -3.85. The molecular weight excluding hydrogens is 614 g/mol. The van der Waals surface area contributed by atoms with Crippen LogP contribution in [-0.4, -0.2) is 8.42 Å². The topological polar surface area (TPSA) is 43.4 Å². The maximum absolute atomic E-state index is 13.4. The molecule has 1 radical (unpaired) electrons. The molecule has 0 aliphatic rings. The molecule has 189 valence electrons. The van der Waals surface area contributed by atoms with Crippen LogP contribution < -0.4 is 20.2 Å². The Kier molecular flexibility index (Phi) is 9.02. The molecule has 7 heteroatoms. The number of hydrogen-bond donors (Lipinski definition) is 0. The maximum atomic E-state index is 13.4. The zero-order valence-electron chi connectivity index (χ0n) is 21.0. The Morgan fingerprint density at radius 2 is 1.17 bits per heavy atom. The summed E-state index contributed by atoms with van der Waals surface area (Å²) in [5, 5.41) is 0.375. The molecule has 0 saturated heterocycles. The molecule has 3 aromatic rings. The Hall–Kier alpha value is -1.12. The van der Waals surface area contributed by atoms with Crippen molar-refractivity contribution in [2.24, 2.45) is 0 Å². The van der Waals surface area contributed by atoms with Gasteiger partial charge in [0.1, 0.15) is 4.90 Å². The SMILES string of the molecule is CCC(C)(C)c1ccc([I+](OS(=O)(=O)c2cc(Cl)ccc2Cl)c2ccc(C(C)(C)CC)cc2)cc1. The van der Waals surface area contributed by atoms with E-state index in [-0.39, 0.29) is 25.8 Å². The zero-order valence-corrected chi connectivity index (χ0v) is 25.5. The molecule has 0 bridgehead atoms. The van der Waals surface area contributed by atoms with E-state index in [9.17, 15) is 8.42 Å². The predicted molar refractivity (Wildman–Crippen MR) is 142 cm³/mol. The van der Waals surface area contributed by atoms with Gasteiger partial charge in [-0.05, 0) is 79.8 Å².